The van der Waals surface area contributed by atoms with E-state index in [1.807, 2.05) is 30.3 Å². The number of hydrogen-bond acceptors (Lipinski definition) is 5. The largest absolute Gasteiger partial charge is 0.459 e. The van der Waals surface area contributed by atoms with Crippen LogP contribution in [-0.2, 0) is 14.8 Å². The molecule has 2 amide bonds. The number of carbonyl (C=O) groups excluding carboxylic acids is 2. The summed E-state index contributed by atoms with van der Waals surface area (Å²) in [5.74, 6) is -1.19. The lowest BCUT2D eigenvalue weighted by Crippen LogP contribution is -2.47. The van der Waals surface area contributed by atoms with Gasteiger partial charge in [-0.15, -0.1) is 0 Å². The molecule has 1 fully saturated rings. The van der Waals surface area contributed by atoms with Crippen LogP contribution in [-0.4, -0.2) is 37.6 Å². The van der Waals surface area contributed by atoms with Crippen LogP contribution in [0.1, 0.15) is 29.0 Å². The van der Waals surface area contributed by atoms with Gasteiger partial charge in [0.05, 0.1) is 6.26 Å². The lowest BCUT2D eigenvalue weighted by atomic mass is 9.98. The van der Waals surface area contributed by atoms with Gasteiger partial charge in [-0.3, -0.25) is 20.4 Å². The van der Waals surface area contributed by atoms with E-state index in [2.05, 4.69) is 10.9 Å². The van der Waals surface area contributed by atoms with Crippen LogP contribution in [0.25, 0.3) is 6.08 Å². The third-order valence-corrected chi connectivity index (χ3v) is 6.03. The molecule has 9 heteroatoms. The number of nitrogens with zero attached hydrogens (tertiary/aromatic N) is 1. The van der Waals surface area contributed by atoms with E-state index in [1.165, 1.54) is 22.0 Å². The minimum absolute atomic E-state index is 0.0893. The van der Waals surface area contributed by atoms with Gasteiger partial charge in [-0.1, -0.05) is 30.3 Å². The van der Waals surface area contributed by atoms with Crippen LogP contribution < -0.4 is 10.9 Å². The highest BCUT2D eigenvalue weighted by Gasteiger charge is 2.30. The highest BCUT2D eigenvalue weighted by molar-refractivity contribution is 7.92. The second-order valence-electron chi connectivity index (χ2n) is 6.35. The molecule has 1 aromatic carbocycles. The second kappa shape index (κ2) is 8.85. The Morgan fingerprint density at radius 1 is 1.04 bits per heavy atom. The van der Waals surface area contributed by atoms with Gasteiger partial charge in [-0.05, 0) is 36.6 Å². The van der Waals surface area contributed by atoms with Gasteiger partial charge in [0, 0.05) is 24.4 Å². The number of piperidine rings is 1. The number of furan rings is 1. The van der Waals surface area contributed by atoms with Crippen molar-refractivity contribution < 1.29 is 22.4 Å². The van der Waals surface area contributed by atoms with Crippen LogP contribution >= 0.6 is 0 Å². The third-order valence-electron chi connectivity index (χ3n) is 4.46. The smallest absolute Gasteiger partial charge is 0.305 e. The highest BCUT2D eigenvalue weighted by Crippen LogP contribution is 2.21. The summed E-state index contributed by atoms with van der Waals surface area (Å²) in [5, 5.41) is 1.19. The summed E-state index contributed by atoms with van der Waals surface area (Å²) in [4.78, 5) is 24.0. The van der Waals surface area contributed by atoms with Crippen molar-refractivity contribution in [1.82, 2.24) is 15.2 Å². The SMILES string of the molecule is O=C(NNC(=O)C1CCN(S(=O)(=O)/C=C/c2ccccc2)CC1)c1ccco1. The average Bonchev–Trinajstić information content (AvgIpc) is 3.26. The molecule has 2 aromatic rings. The molecule has 0 saturated carbocycles. The summed E-state index contributed by atoms with van der Waals surface area (Å²) in [7, 11) is -3.55. The Labute approximate surface area is 163 Å². The zero-order valence-electron chi connectivity index (χ0n) is 15.1. The van der Waals surface area contributed by atoms with E-state index in [0.29, 0.717) is 12.8 Å². The Kier molecular flexibility index (Phi) is 6.27. The molecule has 1 aliphatic rings. The van der Waals surface area contributed by atoms with Crippen LogP contribution in [0.15, 0.2) is 58.6 Å². The Balaban J connectivity index is 1.48. The van der Waals surface area contributed by atoms with Gasteiger partial charge < -0.3 is 4.42 Å². The maximum absolute atomic E-state index is 12.5. The van der Waals surface area contributed by atoms with Crippen molar-refractivity contribution in [2.45, 2.75) is 12.8 Å². The molecule has 1 aliphatic heterocycles. The van der Waals surface area contributed by atoms with E-state index < -0.39 is 15.9 Å². The molecule has 8 nitrogen and oxygen atoms in total. The van der Waals surface area contributed by atoms with E-state index in [-0.39, 0.29) is 30.7 Å². The van der Waals surface area contributed by atoms with Gasteiger partial charge in [0.15, 0.2) is 5.76 Å². The Morgan fingerprint density at radius 2 is 1.75 bits per heavy atom. The zero-order valence-corrected chi connectivity index (χ0v) is 15.9. The number of amides is 2. The third kappa shape index (κ3) is 5.08. The van der Waals surface area contributed by atoms with Crippen molar-refractivity contribution in [3.63, 3.8) is 0 Å². The molecule has 28 heavy (non-hydrogen) atoms. The van der Waals surface area contributed by atoms with Gasteiger partial charge in [-0.25, -0.2) is 8.42 Å². The first-order chi connectivity index (χ1) is 13.5. The highest BCUT2D eigenvalue weighted by atomic mass is 32.2. The number of carbonyl (C=O) groups is 2. The fourth-order valence-electron chi connectivity index (χ4n) is 2.88. The summed E-state index contributed by atoms with van der Waals surface area (Å²) in [6, 6.07) is 12.2. The number of nitrogens with one attached hydrogen (secondary N) is 2. The number of benzene rings is 1. The predicted molar refractivity (Wildman–Crippen MR) is 103 cm³/mol. The molecule has 0 atom stereocenters. The van der Waals surface area contributed by atoms with Crippen molar-refractivity contribution >= 4 is 27.9 Å². The summed E-state index contributed by atoms with van der Waals surface area (Å²) in [5.41, 5.74) is 5.45. The van der Waals surface area contributed by atoms with Gasteiger partial charge >= 0.3 is 5.91 Å². The summed E-state index contributed by atoms with van der Waals surface area (Å²) in [6.45, 7) is 0.483. The van der Waals surface area contributed by atoms with E-state index in [1.54, 1.807) is 12.1 Å². The van der Waals surface area contributed by atoms with Crippen LogP contribution in [0.5, 0.6) is 0 Å². The first-order valence-electron chi connectivity index (χ1n) is 8.83. The lowest BCUT2D eigenvalue weighted by molar-refractivity contribution is -0.126. The summed E-state index contributed by atoms with van der Waals surface area (Å²) < 4.78 is 31.2. The Morgan fingerprint density at radius 3 is 2.39 bits per heavy atom. The molecule has 0 unspecified atom stereocenters. The number of hydrogen-bond donors (Lipinski definition) is 2. The maximum atomic E-state index is 12.5. The van der Waals surface area contributed by atoms with Crippen molar-refractivity contribution in [2.24, 2.45) is 5.92 Å². The van der Waals surface area contributed by atoms with Crippen molar-refractivity contribution in [3.05, 3.63) is 65.5 Å². The summed E-state index contributed by atoms with van der Waals surface area (Å²) >= 11 is 0. The Bertz CT molecular complexity index is 931. The van der Waals surface area contributed by atoms with Gasteiger partial charge in [0.2, 0.25) is 15.9 Å². The predicted octanol–water partition coefficient (Wildman–Crippen LogP) is 1.75. The average molecular weight is 403 g/mol. The molecule has 2 N–H and O–H groups in total. The molecule has 3 rings (SSSR count). The number of sulfonamides is 1. The fraction of sp³-hybridized carbons (Fsp3) is 0.263. The van der Waals surface area contributed by atoms with E-state index in [0.717, 1.165) is 5.56 Å². The monoisotopic (exact) mass is 403 g/mol. The molecular weight excluding hydrogens is 382 g/mol. The van der Waals surface area contributed by atoms with E-state index >= 15 is 0 Å². The fourth-order valence-corrected chi connectivity index (χ4v) is 4.10. The second-order valence-corrected chi connectivity index (χ2v) is 8.17. The molecular formula is C19H21N3O5S. The topological polar surface area (TPSA) is 109 Å². The minimum atomic E-state index is -3.55. The molecule has 1 aromatic heterocycles. The van der Waals surface area contributed by atoms with Crippen LogP contribution in [0, 0.1) is 5.92 Å². The normalized spacial score (nSPS) is 16.1. The van der Waals surface area contributed by atoms with Crippen molar-refractivity contribution in [1.29, 1.82) is 0 Å². The van der Waals surface area contributed by atoms with E-state index in [9.17, 15) is 18.0 Å². The molecule has 148 valence electrons. The van der Waals surface area contributed by atoms with Crippen LogP contribution in [0.4, 0.5) is 0 Å². The standard InChI is InChI=1S/C19H21N3O5S/c23-18(20-21-19(24)17-7-4-13-27-17)16-8-11-22(12-9-16)28(25,26)14-10-15-5-2-1-3-6-15/h1-7,10,13-14,16H,8-9,11-12H2,(H,20,23)(H,21,24)/b14-10+. The molecule has 2 heterocycles. The molecule has 0 radical (unpaired) electrons. The minimum Gasteiger partial charge on any atom is -0.459 e. The number of hydrazine groups is 1. The quantitative estimate of drug-likeness (QED) is 0.740. The summed E-state index contributed by atoms with van der Waals surface area (Å²) in [6.07, 6.45) is 3.67. The van der Waals surface area contributed by atoms with E-state index in [4.69, 9.17) is 4.42 Å². The van der Waals surface area contributed by atoms with Gasteiger partial charge in [0.1, 0.15) is 0 Å². The van der Waals surface area contributed by atoms with Crippen LogP contribution in [0.3, 0.4) is 0 Å². The molecule has 0 bridgehead atoms. The number of rotatable bonds is 5. The van der Waals surface area contributed by atoms with Crippen molar-refractivity contribution in [3.8, 4) is 0 Å². The molecule has 1 saturated heterocycles. The first-order valence-corrected chi connectivity index (χ1v) is 10.3. The zero-order chi connectivity index (χ0) is 20.0. The van der Waals surface area contributed by atoms with Gasteiger partial charge in [0.25, 0.3) is 0 Å². The molecule has 0 spiro atoms. The Hall–Kier alpha value is -2.91. The van der Waals surface area contributed by atoms with Gasteiger partial charge in [-0.2, -0.15) is 4.31 Å². The first kappa shape index (κ1) is 19.8. The maximum Gasteiger partial charge on any atom is 0.305 e. The molecule has 0 aliphatic carbocycles. The lowest BCUT2D eigenvalue weighted by Gasteiger charge is -2.29. The van der Waals surface area contributed by atoms with Crippen LogP contribution in [0.2, 0.25) is 0 Å². The van der Waals surface area contributed by atoms with Crippen molar-refractivity contribution in [2.75, 3.05) is 13.1 Å².